The van der Waals surface area contributed by atoms with Crippen LogP contribution in [-0.2, 0) is 16.0 Å². The first-order chi connectivity index (χ1) is 21.5. The van der Waals surface area contributed by atoms with Crippen LogP contribution in [0.15, 0.2) is 109 Å². The van der Waals surface area contributed by atoms with E-state index >= 15 is 0 Å². The van der Waals surface area contributed by atoms with E-state index in [1.165, 1.54) is 7.11 Å². The summed E-state index contributed by atoms with van der Waals surface area (Å²) >= 11 is 0. The van der Waals surface area contributed by atoms with Crippen LogP contribution in [-0.4, -0.2) is 53.8 Å². The van der Waals surface area contributed by atoms with Crippen molar-refractivity contribution in [2.45, 2.75) is 6.54 Å². The topological polar surface area (TPSA) is 84.6 Å². The van der Waals surface area contributed by atoms with Gasteiger partial charge in [-0.1, -0.05) is 60.7 Å². The number of methoxy groups -OCH3 is 3. The summed E-state index contributed by atoms with van der Waals surface area (Å²) in [5, 5.41) is 0. The molecule has 0 unspecified atom stereocenters. The van der Waals surface area contributed by atoms with Gasteiger partial charge in [-0.3, -0.25) is 9.36 Å². The minimum Gasteiger partial charge on any atom is -0.497 e. The molecule has 0 radical (unpaired) electrons. The molecule has 6 aromatic rings. The van der Waals surface area contributed by atoms with Gasteiger partial charge in [0.1, 0.15) is 11.4 Å². The maximum absolute atomic E-state index is 14.5. The fourth-order valence-corrected chi connectivity index (χ4v) is 5.42. The van der Waals surface area contributed by atoms with Gasteiger partial charge in [-0.05, 0) is 59.7 Å². The number of ether oxygens (including phenoxy) is 3. The van der Waals surface area contributed by atoms with Crippen LogP contribution in [0.4, 0.5) is 0 Å². The molecule has 0 spiro atoms. The summed E-state index contributed by atoms with van der Waals surface area (Å²) in [5.74, 6) is 0.639. The smallest absolute Gasteiger partial charge is 0.337 e. The van der Waals surface area contributed by atoms with Crippen molar-refractivity contribution in [1.29, 1.82) is 0 Å². The van der Waals surface area contributed by atoms with E-state index < -0.39 is 5.97 Å². The predicted molar refractivity (Wildman–Crippen MR) is 170 cm³/mol. The van der Waals surface area contributed by atoms with Crippen molar-refractivity contribution in [3.05, 3.63) is 126 Å². The van der Waals surface area contributed by atoms with Crippen LogP contribution < -0.4 is 4.74 Å². The summed E-state index contributed by atoms with van der Waals surface area (Å²) in [6, 6.07) is 34.1. The lowest BCUT2D eigenvalue weighted by Gasteiger charge is -2.16. The molecular weight excluding hydrogens is 554 g/mol. The fourth-order valence-electron chi connectivity index (χ4n) is 5.42. The van der Waals surface area contributed by atoms with Gasteiger partial charge in [-0.15, -0.1) is 0 Å². The highest BCUT2D eigenvalue weighted by molar-refractivity contribution is 6.13. The van der Waals surface area contributed by atoms with E-state index in [9.17, 15) is 9.59 Å². The highest BCUT2D eigenvalue weighted by Crippen LogP contribution is 2.38. The number of rotatable bonds is 10. The Balaban J connectivity index is 1.71. The highest BCUT2D eigenvalue weighted by Gasteiger charge is 2.28. The molecule has 4 aromatic carbocycles. The van der Waals surface area contributed by atoms with Crippen molar-refractivity contribution in [2.75, 3.05) is 27.9 Å². The van der Waals surface area contributed by atoms with Crippen LogP contribution in [0.2, 0.25) is 0 Å². The summed E-state index contributed by atoms with van der Waals surface area (Å²) in [4.78, 5) is 32.0. The van der Waals surface area contributed by atoms with Gasteiger partial charge < -0.3 is 18.8 Å². The van der Waals surface area contributed by atoms with E-state index in [4.69, 9.17) is 19.2 Å². The zero-order valence-electron chi connectivity index (χ0n) is 24.7. The Bertz CT molecular complexity index is 1940. The first-order valence-corrected chi connectivity index (χ1v) is 14.2. The van der Waals surface area contributed by atoms with Crippen LogP contribution in [0.25, 0.3) is 39.4 Å². The lowest BCUT2D eigenvalue weighted by molar-refractivity contribution is 0.0600. The van der Waals surface area contributed by atoms with Gasteiger partial charge in [-0.2, -0.15) is 0 Å². The van der Waals surface area contributed by atoms with Gasteiger partial charge in [0.2, 0.25) is 11.7 Å². The van der Waals surface area contributed by atoms with Gasteiger partial charge in [0.15, 0.2) is 0 Å². The standard InChI is InChI=1S/C36H31N3O5/c1-42-21-20-38-31-19-16-27(35(41)44-3)22-30(31)37-36(38)39-32(25-14-17-28(43-2)18-15-25)23-29(24-10-6-4-7-11-24)33(39)34(40)26-12-8-5-9-13-26/h4-19,22-23H,20-21H2,1-3H3. The maximum Gasteiger partial charge on any atom is 0.337 e. The maximum atomic E-state index is 14.5. The first kappa shape index (κ1) is 28.6. The van der Waals surface area contributed by atoms with Gasteiger partial charge in [0.05, 0.1) is 43.1 Å². The second-order valence-electron chi connectivity index (χ2n) is 10.2. The summed E-state index contributed by atoms with van der Waals surface area (Å²) in [5.41, 5.74) is 6.10. The molecule has 0 saturated heterocycles. The number of carbonyl (C=O) groups is 2. The van der Waals surface area contributed by atoms with Crippen LogP contribution in [0.1, 0.15) is 26.4 Å². The molecule has 0 aliphatic rings. The SMILES string of the molecule is COCCn1c(-n2c(-c3ccc(OC)cc3)cc(-c3ccccc3)c2C(=O)c2ccccc2)nc2cc(C(=O)OC)ccc21. The summed E-state index contributed by atoms with van der Waals surface area (Å²) in [6.07, 6.45) is 0. The number of aromatic nitrogens is 3. The number of imidazole rings is 1. The van der Waals surface area contributed by atoms with Crippen LogP contribution in [0.3, 0.4) is 0 Å². The van der Waals surface area contributed by atoms with E-state index in [1.54, 1.807) is 26.4 Å². The van der Waals surface area contributed by atoms with Crippen LogP contribution in [0.5, 0.6) is 5.75 Å². The van der Waals surface area contributed by atoms with Gasteiger partial charge in [-0.25, -0.2) is 9.78 Å². The molecular formula is C36H31N3O5. The molecule has 8 heteroatoms. The summed E-state index contributed by atoms with van der Waals surface area (Å²) in [6.45, 7) is 0.865. The number of carbonyl (C=O) groups excluding carboxylic acids is 2. The summed E-state index contributed by atoms with van der Waals surface area (Å²) < 4.78 is 19.8. The van der Waals surface area contributed by atoms with Crippen molar-refractivity contribution in [3.8, 4) is 34.1 Å². The van der Waals surface area contributed by atoms with E-state index in [0.717, 1.165) is 33.7 Å². The molecule has 0 amide bonds. The molecule has 0 bridgehead atoms. The third-order valence-corrected chi connectivity index (χ3v) is 7.59. The third kappa shape index (κ3) is 5.27. The molecule has 0 saturated carbocycles. The number of benzene rings is 4. The molecule has 0 aliphatic carbocycles. The largest absolute Gasteiger partial charge is 0.497 e. The van der Waals surface area contributed by atoms with Crippen molar-refractivity contribution in [3.63, 3.8) is 0 Å². The number of hydrogen-bond donors (Lipinski definition) is 0. The number of fused-ring (bicyclic) bond motifs is 1. The zero-order valence-corrected chi connectivity index (χ0v) is 24.7. The number of hydrogen-bond acceptors (Lipinski definition) is 6. The highest BCUT2D eigenvalue weighted by atomic mass is 16.5. The number of ketones is 1. The van der Waals surface area contributed by atoms with Gasteiger partial charge in [0, 0.05) is 24.8 Å². The Labute approximate surface area is 255 Å². The van der Waals surface area contributed by atoms with Crippen molar-refractivity contribution < 1.29 is 23.8 Å². The quantitative estimate of drug-likeness (QED) is 0.129. The first-order valence-electron chi connectivity index (χ1n) is 14.2. The summed E-state index contributed by atoms with van der Waals surface area (Å²) in [7, 11) is 4.62. The molecule has 220 valence electrons. The molecule has 2 heterocycles. The van der Waals surface area contributed by atoms with Gasteiger partial charge >= 0.3 is 5.97 Å². The molecule has 44 heavy (non-hydrogen) atoms. The number of esters is 1. The van der Waals surface area contributed by atoms with E-state index in [2.05, 4.69) is 0 Å². The molecule has 0 fully saturated rings. The Morgan fingerprint density at radius 2 is 1.45 bits per heavy atom. The average Bonchev–Trinajstić information content (AvgIpc) is 3.65. The molecule has 8 nitrogen and oxygen atoms in total. The lowest BCUT2D eigenvalue weighted by Crippen LogP contribution is -2.16. The predicted octanol–water partition coefficient (Wildman–Crippen LogP) is 6.83. The van der Waals surface area contributed by atoms with Crippen molar-refractivity contribution >= 4 is 22.8 Å². The monoisotopic (exact) mass is 585 g/mol. The lowest BCUT2D eigenvalue weighted by atomic mass is 10.00. The Kier molecular flexibility index (Phi) is 8.08. The Morgan fingerprint density at radius 1 is 0.750 bits per heavy atom. The molecule has 6 rings (SSSR count). The second-order valence-corrected chi connectivity index (χ2v) is 10.2. The van der Waals surface area contributed by atoms with Crippen molar-refractivity contribution in [1.82, 2.24) is 14.1 Å². The van der Waals surface area contributed by atoms with Crippen LogP contribution in [0, 0.1) is 0 Å². The van der Waals surface area contributed by atoms with Crippen molar-refractivity contribution in [2.24, 2.45) is 0 Å². The zero-order chi connectivity index (χ0) is 30.6. The molecule has 2 aromatic heterocycles. The number of nitrogens with zero attached hydrogens (tertiary/aromatic N) is 3. The molecule has 0 atom stereocenters. The fraction of sp³-hybridized carbons (Fsp3) is 0.139. The normalized spacial score (nSPS) is 11.1. The molecule has 0 aliphatic heterocycles. The molecule has 0 N–H and O–H groups in total. The average molecular weight is 586 g/mol. The van der Waals surface area contributed by atoms with Crippen LogP contribution >= 0.6 is 0 Å². The van der Waals surface area contributed by atoms with E-state index in [1.807, 2.05) is 106 Å². The Morgan fingerprint density at radius 3 is 2.11 bits per heavy atom. The van der Waals surface area contributed by atoms with Gasteiger partial charge in [0.25, 0.3) is 0 Å². The second kappa shape index (κ2) is 12.4. The Hall–Kier alpha value is -5.47. The van der Waals surface area contributed by atoms with E-state index in [0.29, 0.717) is 41.4 Å². The van der Waals surface area contributed by atoms with E-state index in [-0.39, 0.29) is 5.78 Å². The minimum atomic E-state index is -0.453. The minimum absolute atomic E-state index is 0.148. The third-order valence-electron chi connectivity index (χ3n) is 7.59.